The van der Waals surface area contributed by atoms with Crippen molar-refractivity contribution >= 4 is 11.6 Å². The van der Waals surface area contributed by atoms with E-state index >= 15 is 0 Å². The van der Waals surface area contributed by atoms with E-state index in [4.69, 9.17) is 4.74 Å². The average Bonchev–Trinajstić information content (AvgIpc) is 3.37. The van der Waals surface area contributed by atoms with E-state index in [-0.39, 0.29) is 0 Å². The van der Waals surface area contributed by atoms with Gasteiger partial charge in [-0.25, -0.2) is 0 Å². The number of guanidine groups is 1. The summed E-state index contributed by atoms with van der Waals surface area (Å²) in [6.07, 6.45) is 3.13. The molecule has 5 heteroatoms. The van der Waals surface area contributed by atoms with Gasteiger partial charge in [-0.3, -0.25) is 4.99 Å². The first kappa shape index (κ1) is 18.7. The van der Waals surface area contributed by atoms with Crippen molar-refractivity contribution < 1.29 is 4.74 Å². The summed E-state index contributed by atoms with van der Waals surface area (Å²) in [7, 11) is 1.84. The van der Waals surface area contributed by atoms with E-state index in [0.717, 1.165) is 57.2 Å². The summed E-state index contributed by atoms with van der Waals surface area (Å²) in [4.78, 5) is 6.85. The van der Waals surface area contributed by atoms with Gasteiger partial charge < -0.3 is 20.3 Å². The van der Waals surface area contributed by atoms with Crippen LogP contribution < -0.4 is 20.3 Å². The molecule has 0 bridgehead atoms. The minimum absolute atomic E-state index is 0.421. The molecule has 0 radical (unpaired) electrons. The second-order valence-corrected chi connectivity index (χ2v) is 7.70. The third kappa shape index (κ3) is 4.41. The molecule has 1 atom stereocenters. The number of aryl methyl sites for hydroxylation is 1. The summed E-state index contributed by atoms with van der Waals surface area (Å²) >= 11 is 0. The molecule has 4 rings (SSSR count). The van der Waals surface area contributed by atoms with Gasteiger partial charge in [0.05, 0.1) is 6.61 Å². The second-order valence-electron chi connectivity index (χ2n) is 7.70. The number of benzene rings is 2. The van der Waals surface area contributed by atoms with Crippen LogP contribution in [0.2, 0.25) is 0 Å². The standard InChI is InChI=1S/C23H30N4O/c1-17-3-6-21(7-4-17)27-13-10-20(16-27)26-23(24-2)25-12-9-18-5-8-22-19(15-18)11-14-28-22/h3-8,15,20H,9-14,16H2,1-2H3,(H2,24,25,26). The molecule has 2 aliphatic heterocycles. The SMILES string of the molecule is CN=C(NCCc1ccc2c(c1)CCO2)NC1CCN(c2ccc(C)cc2)C1. The molecule has 0 aromatic heterocycles. The summed E-state index contributed by atoms with van der Waals surface area (Å²) in [6.45, 7) is 5.90. The van der Waals surface area contributed by atoms with Gasteiger partial charge in [0.15, 0.2) is 5.96 Å². The molecular weight excluding hydrogens is 348 g/mol. The Hall–Kier alpha value is -2.69. The fourth-order valence-corrected chi connectivity index (χ4v) is 3.98. The quantitative estimate of drug-likeness (QED) is 0.620. The molecule has 5 nitrogen and oxygen atoms in total. The van der Waals surface area contributed by atoms with Crippen molar-refractivity contribution in [3.63, 3.8) is 0 Å². The smallest absolute Gasteiger partial charge is 0.191 e. The molecule has 1 fully saturated rings. The maximum Gasteiger partial charge on any atom is 0.191 e. The predicted octanol–water partition coefficient (Wildman–Crippen LogP) is 2.92. The molecule has 0 amide bonds. The van der Waals surface area contributed by atoms with Crippen LogP contribution in [0.4, 0.5) is 5.69 Å². The molecule has 2 N–H and O–H groups in total. The molecular formula is C23H30N4O. The first-order chi connectivity index (χ1) is 13.7. The minimum atomic E-state index is 0.421. The minimum Gasteiger partial charge on any atom is -0.493 e. The average molecular weight is 379 g/mol. The second kappa shape index (κ2) is 8.55. The largest absolute Gasteiger partial charge is 0.493 e. The highest BCUT2D eigenvalue weighted by molar-refractivity contribution is 5.80. The summed E-state index contributed by atoms with van der Waals surface area (Å²) in [6, 6.07) is 15.8. The number of aliphatic imine (C=N–C) groups is 1. The van der Waals surface area contributed by atoms with Crippen LogP contribution in [0, 0.1) is 6.92 Å². The monoisotopic (exact) mass is 378 g/mol. The van der Waals surface area contributed by atoms with E-state index in [0.29, 0.717) is 6.04 Å². The molecule has 1 saturated heterocycles. The summed E-state index contributed by atoms with van der Waals surface area (Å²) < 4.78 is 5.59. The lowest BCUT2D eigenvalue weighted by Gasteiger charge is -2.20. The highest BCUT2D eigenvalue weighted by atomic mass is 16.5. The van der Waals surface area contributed by atoms with Gasteiger partial charge in [-0.2, -0.15) is 0 Å². The van der Waals surface area contributed by atoms with E-state index in [9.17, 15) is 0 Å². The normalized spacial score (nSPS) is 18.7. The first-order valence-corrected chi connectivity index (χ1v) is 10.2. The fraction of sp³-hybridized carbons (Fsp3) is 0.435. The van der Waals surface area contributed by atoms with Gasteiger partial charge in [-0.05, 0) is 49.1 Å². The molecule has 2 aliphatic rings. The van der Waals surface area contributed by atoms with E-state index in [1.165, 1.54) is 22.4 Å². The first-order valence-electron chi connectivity index (χ1n) is 10.2. The Balaban J connectivity index is 1.24. The molecule has 148 valence electrons. The van der Waals surface area contributed by atoms with Crippen molar-refractivity contribution in [1.29, 1.82) is 0 Å². The number of hydrogen-bond acceptors (Lipinski definition) is 3. The molecule has 0 saturated carbocycles. The maximum absolute atomic E-state index is 5.59. The van der Waals surface area contributed by atoms with Crippen LogP contribution in [0.15, 0.2) is 47.5 Å². The number of rotatable bonds is 5. The van der Waals surface area contributed by atoms with E-state index in [1.807, 2.05) is 7.05 Å². The zero-order valence-corrected chi connectivity index (χ0v) is 16.9. The van der Waals surface area contributed by atoms with Crippen LogP contribution >= 0.6 is 0 Å². The Morgan fingerprint density at radius 1 is 1.21 bits per heavy atom. The van der Waals surface area contributed by atoms with Crippen LogP contribution in [0.1, 0.15) is 23.1 Å². The topological polar surface area (TPSA) is 48.9 Å². The predicted molar refractivity (Wildman–Crippen MR) is 116 cm³/mol. The van der Waals surface area contributed by atoms with Crippen molar-refractivity contribution in [2.45, 2.75) is 32.2 Å². The third-order valence-electron chi connectivity index (χ3n) is 5.61. The van der Waals surface area contributed by atoms with Gasteiger partial charge in [0.25, 0.3) is 0 Å². The number of nitrogens with zero attached hydrogens (tertiary/aromatic N) is 2. The van der Waals surface area contributed by atoms with Crippen molar-refractivity contribution in [3.05, 3.63) is 59.2 Å². The Labute approximate surface area is 167 Å². The van der Waals surface area contributed by atoms with Crippen LogP contribution in [0.5, 0.6) is 5.75 Å². The van der Waals surface area contributed by atoms with Gasteiger partial charge >= 0.3 is 0 Å². The fourth-order valence-electron chi connectivity index (χ4n) is 3.98. The van der Waals surface area contributed by atoms with Gasteiger partial charge in [0.2, 0.25) is 0 Å². The zero-order valence-electron chi connectivity index (χ0n) is 16.9. The number of nitrogens with one attached hydrogen (secondary N) is 2. The highest BCUT2D eigenvalue weighted by Crippen LogP contribution is 2.26. The molecule has 1 unspecified atom stereocenters. The Bertz CT molecular complexity index is 831. The maximum atomic E-state index is 5.59. The molecule has 0 aliphatic carbocycles. The van der Waals surface area contributed by atoms with Crippen LogP contribution in [0.25, 0.3) is 0 Å². The van der Waals surface area contributed by atoms with E-state index < -0.39 is 0 Å². The summed E-state index contributed by atoms with van der Waals surface area (Å²) in [5.74, 6) is 1.94. The van der Waals surface area contributed by atoms with Crippen LogP contribution in [0.3, 0.4) is 0 Å². The molecule has 2 heterocycles. The van der Waals surface area contributed by atoms with Crippen LogP contribution in [-0.4, -0.2) is 45.3 Å². The Morgan fingerprint density at radius 2 is 2.07 bits per heavy atom. The van der Waals surface area contributed by atoms with Crippen LogP contribution in [-0.2, 0) is 12.8 Å². The lowest BCUT2D eigenvalue weighted by atomic mass is 10.1. The van der Waals surface area contributed by atoms with Gasteiger partial charge in [-0.1, -0.05) is 29.8 Å². The van der Waals surface area contributed by atoms with E-state index in [2.05, 4.69) is 69.9 Å². The lowest BCUT2D eigenvalue weighted by Crippen LogP contribution is -2.45. The Morgan fingerprint density at radius 3 is 2.89 bits per heavy atom. The molecule has 2 aromatic rings. The molecule has 0 spiro atoms. The number of fused-ring (bicyclic) bond motifs is 1. The van der Waals surface area contributed by atoms with Crippen molar-refractivity contribution in [3.8, 4) is 5.75 Å². The highest BCUT2D eigenvalue weighted by Gasteiger charge is 2.23. The molecule has 2 aromatic carbocycles. The van der Waals surface area contributed by atoms with Gasteiger partial charge in [0, 0.05) is 44.8 Å². The Kier molecular flexibility index (Phi) is 5.70. The summed E-state index contributed by atoms with van der Waals surface area (Å²) in [5.41, 5.74) is 5.29. The van der Waals surface area contributed by atoms with Crippen molar-refractivity contribution in [2.24, 2.45) is 4.99 Å². The van der Waals surface area contributed by atoms with E-state index in [1.54, 1.807) is 0 Å². The third-order valence-corrected chi connectivity index (χ3v) is 5.61. The van der Waals surface area contributed by atoms with Gasteiger partial charge in [0.1, 0.15) is 5.75 Å². The number of ether oxygens (including phenoxy) is 1. The van der Waals surface area contributed by atoms with Gasteiger partial charge in [-0.15, -0.1) is 0 Å². The lowest BCUT2D eigenvalue weighted by molar-refractivity contribution is 0.357. The number of hydrogen-bond donors (Lipinski definition) is 2. The molecule has 28 heavy (non-hydrogen) atoms. The summed E-state index contributed by atoms with van der Waals surface area (Å²) in [5, 5.41) is 7.05. The zero-order chi connectivity index (χ0) is 19.3. The van der Waals surface area contributed by atoms with Crippen molar-refractivity contribution in [1.82, 2.24) is 10.6 Å². The number of anilines is 1. The van der Waals surface area contributed by atoms with Crippen molar-refractivity contribution in [2.75, 3.05) is 38.2 Å².